The number of hydrogen-bond donors (Lipinski definition) is 1. The number of hydrogen-bond acceptors (Lipinski definition) is 3. The average Bonchev–Trinajstić information content (AvgIpc) is 2.22. The predicted octanol–water partition coefficient (Wildman–Crippen LogP) is 1.74. The fourth-order valence-electron chi connectivity index (χ4n) is 0.944. The highest BCUT2D eigenvalue weighted by Gasteiger charge is 2.01. The second-order valence-corrected chi connectivity index (χ2v) is 3.55. The first-order chi connectivity index (χ1) is 6.61. The molecule has 0 rings (SSSR count). The van der Waals surface area contributed by atoms with Gasteiger partial charge in [-0.2, -0.15) is 0 Å². The Bertz CT molecular complexity index is 199. The van der Waals surface area contributed by atoms with Crippen molar-refractivity contribution in [1.29, 1.82) is 0 Å². The third-order valence-electron chi connectivity index (χ3n) is 2.25. The van der Waals surface area contributed by atoms with Gasteiger partial charge in [-0.15, -0.1) is 0 Å². The zero-order valence-electron chi connectivity index (χ0n) is 9.59. The highest BCUT2D eigenvalue weighted by atomic mass is 16.5. The van der Waals surface area contributed by atoms with Gasteiger partial charge in [0.2, 0.25) is 0 Å². The van der Waals surface area contributed by atoms with Gasteiger partial charge in [-0.1, -0.05) is 26.3 Å². The van der Waals surface area contributed by atoms with Crippen LogP contribution in [0.15, 0.2) is 11.6 Å². The Kier molecular flexibility index (Phi) is 7.11. The van der Waals surface area contributed by atoms with Gasteiger partial charge in [-0.05, 0) is 19.4 Å². The fourth-order valence-corrected chi connectivity index (χ4v) is 0.944. The van der Waals surface area contributed by atoms with Gasteiger partial charge in [-0.25, -0.2) is 4.79 Å². The maximum Gasteiger partial charge on any atom is 0.333 e. The molecule has 1 atom stereocenters. The van der Waals surface area contributed by atoms with Crippen LogP contribution in [0, 0.1) is 5.92 Å². The molecule has 0 aromatic carbocycles. The highest BCUT2D eigenvalue weighted by molar-refractivity contribution is 5.87. The molecule has 0 bridgehead atoms. The van der Waals surface area contributed by atoms with Crippen molar-refractivity contribution in [3.05, 3.63) is 11.6 Å². The van der Waals surface area contributed by atoms with E-state index in [-0.39, 0.29) is 5.97 Å². The van der Waals surface area contributed by atoms with Crippen molar-refractivity contribution in [2.45, 2.75) is 27.2 Å². The van der Waals surface area contributed by atoms with Crippen LogP contribution in [0.3, 0.4) is 0 Å². The molecule has 0 fully saturated rings. The second-order valence-electron chi connectivity index (χ2n) is 3.55. The summed E-state index contributed by atoms with van der Waals surface area (Å²) in [5, 5.41) is 3.26. The summed E-state index contributed by atoms with van der Waals surface area (Å²) in [6, 6.07) is 0. The van der Waals surface area contributed by atoms with E-state index in [0.717, 1.165) is 13.1 Å². The molecule has 1 N–H and O–H groups in total. The molecular weight excluding hydrogens is 178 g/mol. The van der Waals surface area contributed by atoms with Gasteiger partial charge in [0.05, 0.1) is 7.11 Å². The largest absolute Gasteiger partial charge is 0.466 e. The minimum Gasteiger partial charge on any atom is -0.466 e. The summed E-state index contributed by atoms with van der Waals surface area (Å²) in [5.41, 5.74) is 0.657. The SMILES string of the molecule is CCC(C)CNC/C=C(/C)C(=O)OC. The summed E-state index contributed by atoms with van der Waals surface area (Å²) < 4.78 is 4.58. The van der Waals surface area contributed by atoms with Crippen LogP contribution in [0.25, 0.3) is 0 Å². The standard InChI is InChI=1S/C11H21NO2/c1-5-9(2)8-12-7-6-10(3)11(13)14-4/h6,9,12H,5,7-8H2,1-4H3/b10-6-. The van der Waals surface area contributed by atoms with Crippen LogP contribution in [0.5, 0.6) is 0 Å². The number of esters is 1. The lowest BCUT2D eigenvalue weighted by molar-refractivity contribution is -0.136. The van der Waals surface area contributed by atoms with Crippen molar-refractivity contribution in [2.24, 2.45) is 5.92 Å². The lowest BCUT2D eigenvalue weighted by Crippen LogP contribution is -2.21. The number of nitrogens with one attached hydrogen (secondary N) is 1. The van der Waals surface area contributed by atoms with Crippen LogP contribution >= 0.6 is 0 Å². The zero-order chi connectivity index (χ0) is 11.0. The molecule has 0 aliphatic rings. The average molecular weight is 199 g/mol. The van der Waals surface area contributed by atoms with Crippen molar-refractivity contribution in [3.8, 4) is 0 Å². The van der Waals surface area contributed by atoms with Crippen LogP contribution in [0.2, 0.25) is 0 Å². The van der Waals surface area contributed by atoms with E-state index in [1.807, 2.05) is 6.08 Å². The Balaban J connectivity index is 3.66. The maximum atomic E-state index is 11.0. The Morgan fingerprint density at radius 1 is 1.57 bits per heavy atom. The molecule has 14 heavy (non-hydrogen) atoms. The molecule has 0 spiro atoms. The van der Waals surface area contributed by atoms with Gasteiger partial charge < -0.3 is 10.1 Å². The van der Waals surface area contributed by atoms with E-state index in [2.05, 4.69) is 23.9 Å². The van der Waals surface area contributed by atoms with E-state index in [9.17, 15) is 4.79 Å². The number of carbonyl (C=O) groups excluding carboxylic acids is 1. The van der Waals surface area contributed by atoms with E-state index >= 15 is 0 Å². The molecule has 3 nitrogen and oxygen atoms in total. The molecule has 3 heteroatoms. The van der Waals surface area contributed by atoms with Gasteiger partial charge in [-0.3, -0.25) is 0 Å². The number of rotatable bonds is 6. The van der Waals surface area contributed by atoms with Crippen molar-refractivity contribution in [2.75, 3.05) is 20.2 Å². The Morgan fingerprint density at radius 3 is 2.71 bits per heavy atom. The monoisotopic (exact) mass is 199 g/mol. The molecule has 0 amide bonds. The summed E-state index contributed by atoms with van der Waals surface area (Å²) in [5.74, 6) is 0.428. The Labute approximate surface area is 86.5 Å². The molecule has 0 aromatic rings. The van der Waals surface area contributed by atoms with Crippen LogP contribution in [-0.4, -0.2) is 26.2 Å². The second kappa shape index (κ2) is 7.56. The summed E-state index contributed by atoms with van der Waals surface area (Å²) in [6.07, 6.45) is 3.03. The first kappa shape index (κ1) is 13.2. The van der Waals surface area contributed by atoms with Gasteiger partial charge in [0.15, 0.2) is 0 Å². The lowest BCUT2D eigenvalue weighted by Gasteiger charge is -2.08. The predicted molar refractivity (Wildman–Crippen MR) is 58.1 cm³/mol. The summed E-state index contributed by atoms with van der Waals surface area (Å²) >= 11 is 0. The highest BCUT2D eigenvalue weighted by Crippen LogP contribution is 1.97. The molecule has 0 aromatic heterocycles. The number of methoxy groups -OCH3 is 1. The maximum absolute atomic E-state index is 11.0. The van der Waals surface area contributed by atoms with Gasteiger partial charge in [0.1, 0.15) is 0 Å². The summed E-state index contributed by atoms with van der Waals surface area (Å²) in [7, 11) is 1.40. The number of ether oxygens (including phenoxy) is 1. The lowest BCUT2D eigenvalue weighted by atomic mass is 10.1. The van der Waals surface area contributed by atoms with Crippen LogP contribution < -0.4 is 5.32 Å². The van der Waals surface area contributed by atoms with Crippen molar-refractivity contribution >= 4 is 5.97 Å². The smallest absolute Gasteiger partial charge is 0.333 e. The Hall–Kier alpha value is -0.830. The first-order valence-corrected chi connectivity index (χ1v) is 5.07. The van der Waals surface area contributed by atoms with Gasteiger partial charge in [0, 0.05) is 12.1 Å². The summed E-state index contributed by atoms with van der Waals surface area (Å²) in [6.45, 7) is 7.84. The molecule has 0 heterocycles. The molecule has 0 saturated carbocycles. The normalized spacial score (nSPS) is 13.9. The molecule has 0 radical (unpaired) electrons. The third-order valence-corrected chi connectivity index (χ3v) is 2.25. The Morgan fingerprint density at radius 2 is 2.21 bits per heavy atom. The summed E-state index contributed by atoms with van der Waals surface area (Å²) in [4.78, 5) is 11.0. The molecule has 1 unspecified atom stereocenters. The van der Waals surface area contributed by atoms with Gasteiger partial charge >= 0.3 is 5.97 Å². The molecule has 82 valence electrons. The minimum atomic E-state index is -0.254. The van der Waals surface area contributed by atoms with Gasteiger partial charge in [0.25, 0.3) is 0 Å². The molecule has 0 aliphatic heterocycles. The van der Waals surface area contributed by atoms with E-state index in [1.54, 1.807) is 6.92 Å². The molecular formula is C11H21NO2. The number of carbonyl (C=O) groups is 1. The minimum absolute atomic E-state index is 0.254. The third kappa shape index (κ3) is 5.75. The topological polar surface area (TPSA) is 38.3 Å². The van der Waals surface area contributed by atoms with Crippen LogP contribution in [0.4, 0.5) is 0 Å². The van der Waals surface area contributed by atoms with Crippen molar-refractivity contribution < 1.29 is 9.53 Å². The quantitative estimate of drug-likeness (QED) is 0.402. The fraction of sp³-hybridized carbons (Fsp3) is 0.727. The van der Waals surface area contributed by atoms with Crippen molar-refractivity contribution in [3.63, 3.8) is 0 Å². The van der Waals surface area contributed by atoms with E-state index in [1.165, 1.54) is 13.5 Å². The molecule has 0 saturated heterocycles. The van der Waals surface area contributed by atoms with E-state index in [4.69, 9.17) is 0 Å². The van der Waals surface area contributed by atoms with Crippen LogP contribution in [0.1, 0.15) is 27.2 Å². The zero-order valence-corrected chi connectivity index (χ0v) is 9.59. The van der Waals surface area contributed by atoms with E-state index in [0.29, 0.717) is 11.5 Å². The van der Waals surface area contributed by atoms with E-state index < -0.39 is 0 Å². The first-order valence-electron chi connectivity index (χ1n) is 5.07. The van der Waals surface area contributed by atoms with Crippen molar-refractivity contribution in [1.82, 2.24) is 5.32 Å². The molecule has 0 aliphatic carbocycles. The van der Waals surface area contributed by atoms with Crippen LogP contribution in [-0.2, 0) is 9.53 Å².